The number of amides is 1. The average Bonchev–Trinajstić information content (AvgIpc) is 3.46. The molecule has 0 spiro atoms. The first-order valence-electron chi connectivity index (χ1n) is 12.4. The zero-order chi connectivity index (χ0) is 31.4. The van der Waals surface area contributed by atoms with Gasteiger partial charge >= 0.3 is 11.4 Å². The first-order chi connectivity index (χ1) is 21.0. The molecule has 0 aliphatic carbocycles. The van der Waals surface area contributed by atoms with Crippen molar-refractivity contribution in [3.8, 4) is 11.3 Å². The molecule has 1 aromatic heterocycles. The van der Waals surface area contributed by atoms with Crippen molar-refractivity contribution >= 4 is 72.4 Å². The summed E-state index contributed by atoms with van der Waals surface area (Å²) in [5.74, 6) is -0.890. The molecule has 222 valence electrons. The molecule has 16 heteroatoms. The molecule has 13 nitrogen and oxygen atoms in total. The van der Waals surface area contributed by atoms with Gasteiger partial charge in [-0.05, 0) is 48.5 Å². The second-order valence-electron chi connectivity index (χ2n) is 9.02. The van der Waals surface area contributed by atoms with Gasteiger partial charge in [-0.1, -0.05) is 41.9 Å². The van der Waals surface area contributed by atoms with Crippen molar-refractivity contribution in [3.05, 3.63) is 127 Å². The minimum absolute atomic E-state index is 0.115. The van der Waals surface area contributed by atoms with Crippen LogP contribution in [0.4, 0.5) is 33.6 Å². The van der Waals surface area contributed by atoms with Crippen LogP contribution in [0, 0.1) is 20.2 Å². The maximum Gasteiger partial charge on any atom is 0.300 e. The maximum absolute atomic E-state index is 13.0. The van der Waals surface area contributed by atoms with Gasteiger partial charge in [-0.25, -0.2) is 13.4 Å². The monoisotopic (exact) mass is 650 g/mol. The molecular weight excluding hydrogens is 632 g/mol. The van der Waals surface area contributed by atoms with Gasteiger partial charge in [0.1, 0.15) is 0 Å². The zero-order valence-corrected chi connectivity index (χ0v) is 24.5. The molecule has 1 heterocycles. The highest BCUT2D eigenvalue weighted by Crippen LogP contribution is 2.38. The van der Waals surface area contributed by atoms with E-state index in [2.05, 4.69) is 20.3 Å². The second kappa shape index (κ2) is 12.5. The van der Waals surface area contributed by atoms with Gasteiger partial charge in [-0.3, -0.25) is 29.7 Å². The summed E-state index contributed by atoms with van der Waals surface area (Å²) in [6.45, 7) is 0. The third-order valence-corrected chi connectivity index (χ3v) is 8.58. The van der Waals surface area contributed by atoms with E-state index in [0.29, 0.717) is 16.4 Å². The van der Waals surface area contributed by atoms with Crippen LogP contribution in [0.1, 0.15) is 10.4 Å². The van der Waals surface area contributed by atoms with E-state index in [4.69, 9.17) is 11.6 Å². The van der Waals surface area contributed by atoms with Crippen LogP contribution in [0.3, 0.4) is 0 Å². The van der Waals surface area contributed by atoms with E-state index in [1.165, 1.54) is 48.5 Å². The molecule has 3 N–H and O–H groups in total. The van der Waals surface area contributed by atoms with Crippen molar-refractivity contribution in [3.63, 3.8) is 0 Å². The van der Waals surface area contributed by atoms with Crippen LogP contribution in [0.25, 0.3) is 11.3 Å². The Balaban J connectivity index is 1.34. The molecule has 0 radical (unpaired) electrons. The van der Waals surface area contributed by atoms with Gasteiger partial charge in [-0.15, -0.1) is 11.3 Å². The third-order valence-electron chi connectivity index (χ3n) is 6.08. The number of benzene rings is 4. The number of sulfonamides is 1. The van der Waals surface area contributed by atoms with Crippen molar-refractivity contribution < 1.29 is 23.1 Å². The largest absolute Gasteiger partial charge is 0.344 e. The summed E-state index contributed by atoms with van der Waals surface area (Å²) in [5, 5.41) is 31.1. The standard InChI is InChI=1S/C28H19ClN6O7S2/c29-19-6-8-20(9-7-19)30-26-24(34(37)38)14-18(15-25(26)35(39)40)27(36)31-21-10-12-22(13-11-21)44(41,42)33-28-32-23(16-43-28)17-4-2-1-3-5-17/h1-16,30H,(H,31,36)(H,32,33). The smallest absolute Gasteiger partial charge is 0.300 e. The summed E-state index contributed by atoms with van der Waals surface area (Å²) < 4.78 is 28.2. The van der Waals surface area contributed by atoms with Crippen molar-refractivity contribution in [2.24, 2.45) is 0 Å². The average molecular weight is 651 g/mol. The molecule has 0 bridgehead atoms. The Morgan fingerprint density at radius 3 is 2.02 bits per heavy atom. The third kappa shape index (κ3) is 6.81. The number of anilines is 4. The Bertz CT molecular complexity index is 1950. The topological polar surface area (TPSA) is 186 Å². The van der Waals surface area contributed by atoms with E-state index in [0.717, 1.165) is 29.0 Å². The minimum atomic E-state index is -4.02. The van der Waals surface area contributed by atoms with Gasteiger partial charge in [0, 0.05) is 39.5 Å². The molecule has 4 aromatic carbocycles. The number of carbonyl (C=O) groups is 1. The van der Waals surface area contributed by atoms with Crippen molar-refractivity contribution in [2.45, 2.75) is 4.90 Å². The van der Waals surface area contributed by atoms with E-state index in [9.17, 15) is 33.4 Å². The Hall–Kier alpha value is -5.38. The van der Waals surface area contributed by atoms with Gasteiger partial charge in [0.15, 0.2) is 10.8 Å². The summed E-state index contributed by atoms with van der Waals surface area (Å²) in [6.07, 6.45) is 0. The van der Waals surface area contributed by atoms with Gasteiger partial charge < -0.3 is 10.6 Å². The van der Waals surface area contributed by atoms with Crippen LogP contribution in [-0.4, -0.2) is 29.2 Å². The normalized spacial score (nSPS) is 11.0. The number of nitrogens with zero attached hydrogens (tertiary/aromatic N) is 3. The quantitative estimate of drug-likeness (QED) is 0.105. The van der Waals surface area contributed by atoms with E-state index in [1.54, 1.807) is 5.38 Å². The fourth-order valence-electron chi connectivity index (χ4n) is 3.99. The lowest BCUT2D eigenvalue weighted by Gasteiger charge is -2.11. The Morgan fingerprint density at radius 2 is 1.43 bits per heavy atom. The SMILES string of the molecule is O=C(Nc1ccc(S(=O)(=O)Nc2nc(-c3ccccc3)cs2)cc1)c1cc([N+](=O)[O-])c(Nc2ccc(Cl)cc2)c([N+](=O)[O-])c1. The predicted molar refractivity (Wildman–Crippen MR) is 167 cm³/mol. The molecule has 5 rings (SSSR count). The number of hydrogen-bond donors (Lipinski definition) is 3. The maximum atomic E-state index is 13.0. The van der Waals surface area contributed by atoms with Gasteiger partial charge in [0.05, 0.1) is 26.0 Å². The molecule has 5 aromatic rings. The molecule has 0 unspecified atom stereocenters. The molecule has 0 aliphatic heterocycles. The van der Waals surface area contributed by atoms with Crippen LogP contribution < -0.4 is 15.4 Å². The molecule has 0 saturated heterocycles. The summed E-state index contributed by atoms with van der Waals surface area (Å²) >= 11 is 6.98. The van der Waals surface area contributed by atoms with Crippen molar-refractivity contribution in [2.75, 3.05) is 15.4 Å². The lowest BCUT2D eigenvalue weighted by atomic mass is 10.1. The fraction of sp³-hybridized carbons (Fsp3) is 0. The number of nitrogens with one attached hydrogen (secondary N) is 3. The van der Waals surface area contributed by atoms with E-state index < -0.39 is 42.8 Å². The molecule has 0 saturated carbocycles. The van der Waals surface area contributed by atoms with Gasteiger partial charge in [-0.2, -0.15) is 0 Å². The number of nitro groups is 2. The van der Waals surface area contributed by atoms with Crippen LogP contribution in [0.2, 0.25) is 5.02 Å². The molecule has 0 atom stereocenters. The predicted octanol–water partition coefficient (Wildman–Crippen LogP) is 7.08. The molecule has 0 fully saturated rings. The summed E-state index contributed by atoms with van der Waals surface area (Å²) in [6, 6.07) is 22.1. The summed E-state index contributed by atoms with van der Waals surface area (Å²) in [4.78, 5) is 39.2. The zero-order valence-electron chi connectivity index (χ0n) is 22.1. The second-order valence-corrected chi connectivity index (χ2v) is 12.0. The van der Waals surface area contributed by atoms with Gasteiger partial charge in [0.2, 0.25) is 0 Å². The molecule has 44 heavy (non-hydrogen) atoms. The number of carbonyl (C=O) groups excluding carboxylic acids is 1. The molecule has 1 amide bonds. The van der Waals surface area contributed by atoms with E-state index in [1.807, 2.05) is 30.3 Å². The summed E-state index contributed by atoms with van der Waals surface area (Å²) in [7, 11) is -4.02. The number of nitro benzene ring substituents is 2. The van der Waals surface area contributed by atoms with E-state index >= 15 is 0 Å². The number of rotatable bonds is 10. The van der Waals surface area contributed by atoms with Crippen LogP contribution in [-0.2, 0) is 10.0 Å². The fourth-order valence-corrected chi connectivity index (χ4v) is 6.09. The highest BCUT2D eigenvalue weighted by molar-refractivity contribution is 7.93. The number of aromatic nitrogens is 1. The Labute approximate surface area is 258 Å². The lowest BCUT2D eigenvalue weighted by molar-refractivity contribution is -0.392. The first kappa shape index (κ1) is 30.1. The van der Waals surface area contributed by atoms with Crippen LogP contribution in [0.15, 0.2) is 101 Å². The van der Waals surface area contributed by atoms with Crippen molar-refractivity contribution in [1.29, 1.82) is 0 Å². The number of halogens is 1. The molecule has 0 aliphatic rings. The van der Waals surface area contributed by atoms with Crippen LogP contribution >= 0.6 is 22.9 Å². The highest BCUT2D eigenvalue weighted by atomic mass is 35.5. The van der Waals surface area contributed by atoms with E-state index in [-0.39, 0.29) is 21.3 Å². The highest BCUT2D eigenvalue weighted by Gasteiger charge is 2.29. The molecular formula is C28H19ClN6O7S2. The number of thiazole rings is 1. The minimum Gasteiger partial charge on any atom is -0.344 e. The Morgan fingerprint density at radius 1 is 0.841 bits per heavy atom. The number of hydrogen-bond acceptors (Lipinski definition) is 10. The first-order valence-corrected chi connectivity index (χ1v) is 15.2. The van der Waals surface area contributed by atoms with Gasteiger partial charge in [0.25, 0.3) is 15.9 Å². The van der Waals surface area contributed by atoms with Crippen molar-refractivity contribution in [1.82, 2.24) is 4.98 Å². The lowest BCUT2D eigenvalue weighted by Crippen LogP contribution is -2.15. The summed E-state index contributed by atoms with van der Waals surface area (Å²) in [5.41, 5.74) is -0.303. The Kier molecular flexibility index (Phi) is 8.52. The van der Waals surface area contributed by atoms with Crippen LogP contribution in [0.5, 0.6) is 0 Å².